The Morgan fingerprint density at radius 1 is 1.33 bits per heavy atom. The monoisotopic (exact) mass is 287 g/mol. The first kappa shape index (κ1) is 17.3. The van der Waals surface area contributed by atoms with Crippen LogP contribution in [0.15, 0.2) is 18.2 Å². The number of carbonyl (C=O) groups excluding carboxylic acids is 1. The van der Waals surface area contributed by atoms with E-state index in [4.69, 9.17) is 5.11 Å². The summed E-state index contributed by atoms with van der Waals surface area (Å²) in [4.78, 5) is 14.4. The summed E-state index contributed by atoms with van der Waals surface area (Å²) < 4.78 is 0. The second-order valence-corrected chi connectivity index (χ2v) is 5.90. The fourth-order valence-electron chi connectivity index (χ4n) is 2.31. The van der Waals surface area contributed by atoms with Crippen molar-refractivity contribution in [3.05, 3.63) is 34.9 Å². The summed E-state index contributed by atoms with van der Waals surface area (Å²) in [6.45, 7) is 8.12. The number of nitrogens with zero attached hydrogens (tertiary/aromatic N) is 1. The van der Waals surface area contributed by atoms with Gasteiger partial charge in [-0.05, 0) is 43.9 Å². The third-order valence-electron chi connectivity index (χ3n) is 3.50. The lowest BCUT2D eigenvalue weighted by molar-refractivity contribution is 0.0728. The topological polar surface area (TPSA) is 40.5 Å². The van der Waals surface area contributed by atoms with Gasteiger partial charge in [0, 0.05) is 18.7 Å². The van der Waals surface area contributed by atoms with Crippen LogP contribution in [-0.4, -0.2) is 35.6 Å². The molecule has 1 unspecified atom stereocenters. The highest BCUT2D eigenvalue weighted by Gasteiger charge is 2.20. The first-order valence-electron chi connectivity index (χ1n) is 7.34. The number of aryl methyl sites for hydroxylation is 1. The Morgan fingerprint density at radius 3 is 2.57 bits per heavy atom. The number of carbonyl (C=O) groups is 1. The Kier molecular flexibility index (Phi) is 6.45. The van der Waals surface area contributed by atoms with Crippen molar-refractivity contribution >= 4 is 5.91 Å². The molecule has 1 aromatic carbocycles. The minimum absolute atomic E-state index is 0.0228. The zero-order valence-corrected chi connectivity index (χ0v) is 13.6. The summed E-state index contributed by atoms with van der Waals surface area (Å²) in [5.41, 5.74) is 2.32. The molecule has 0 heterocycles. The molecular weight excluding hydrogens is 262 g/mol. The lowest BCUT2D eigenvalue weighted by Crippen LogP contribution is -2.36. The van der Waals surface area contributed by atoms with Gasteiger partial charge < -0.3 is 10.0 Å². The van der Waals surface area contributed by atoms with Crippen molar-refractivity contribution in [2.45, 2.75) is 40.2 Å². The zero-order chi connectivity index (χ0) is 16.0. The molecular formula is C18H25NO2. The fraction of sp³-hybridized carbons (Fsp3) is 0.500. The van der Waals surface area contributed by atoms with Gasteiger partial charge in [-0.25, -0.2) is 0 Å². The van der Waals surface area contributed by atoms with Crippen molar-refractivity contribution in [3.63, 3.8) is 0 Å². The molecule has 1 aromatic rings. The molecule has 0 aromatic heterocycles. The van der Waals surface area contributed by atoms with E-state index in [0.29, 0.717) is 17.0 Å². The highest BCUT2D eigenvalue weighted by atomic mass is 16.2. The molecule has 3 nitrogen and oxygen atoms in total. The van der Waals surface area contributed by atoms with Gasteiger partial charge in [0.05, 0.1) is 5.56 Å². The molecule has 0 spiro atoms. The third-order valence-corrected chi connectivity index (χ3v) is 3.50. The second kappa shape index (κ2) is 7.85. The van der Waals surface area contributed by atoms with Crippen LogP contribution in [-0.2, 0) is 0 Å². The lowest BCUT2D eigenvalue weighted by Gasteiger charge is -2.27. The Balaban J connectivity index is 3.06. The number of benzene rings is 1. The molecule has 0 saturated heterocycles. The van der Waals surface area contributed by atoms with Gasteiger partial charge >= 0.3 is 0 Å². The molecule has 1 rings (SSSR count). The van der Waals surface area contributed by atoms with E-state index >= 15 is 0 Å². The number of rotatable bonds is 4. The summed E-state index contributed by atoms with van der Waals surface area (Å²) in [5.74, 6) is 6.01. The van der Waals surface area contributed by atoms with E-state index in [1.54, 1.807) is 4.90 Å². The van der Waals surface area contributed by atoms with Gasteiger partial charge in [0.25, 0.3) is 5.91 Å². The minimum atomic E-state index is -0.207. The van der Waals surface area contributed by atoms with E-state index in [1.165, 1.54) is 0 Å². The van der Waals surface area contributed by atoms with Gasteiger partial charge in [0.2, 0.25) is 0 Å². The highest BCUT2D eigenvalue weighted by Crippen LogP contribution is 2.17. The summed E-state index contributed by atoms with van der Waals surface area (Å²) in [5, 5.41) is 8.85. The van der Waals surface area contributed by atoms with Crippen LogP contribution in [0.1, 0.15) is 48.7 Å². The maximum Gasteiger partial charge on any atom is 0.255 e. The van der Waals surface area contributed by atoms with Gasteiger partial charge in [-0.15, -0.1) is 0 Å². The van der Waals surface area contributed by atoms with Crippen LogP contribution >= 0.6 is 0 Å². The first-order chi connectivity index (χ1) is 9.86. The number of aliphatic hydroxyl groups is 1. The number of aliphatic hydroxyl groups excluding tert-OH is 1. The van der Waals surface area contributed by atoms with Crippen molar-refractivity contribution < 1.29 is 9.90 Å². The Hall–Kier alpha value is -1.79. The zero-order valence-electron chi connectivity index (χ0n) is 13.6. The smallest absolute Gasteiger partial charge is 0.255 e. The Morgan fingerprint density at radius 2 is 2.00 bits per heavy atom. The molecule has 21 heavy (non-hydrogen) atoms. The summed E-state index contributed by atoms with van der Waals surface area (Å²) >= 11 is 0. The van der Waals surface area contributed by atoms with E-state index in [-0.39, 0.29) is 18.6 Å². The fourth-order valence-corrected chi connectivity index (χ4v) is 2.31. The van der Waals surface area contributed by atoms with Crippen LogP contribution in [0.25, 0.3) is 0 Å². The van der Waals surface area contributed by atoms with Gasteiger partial charge in [0.1, 0.15) is 6.61 Å². The van der Waals surface area contributed by atoms with Gasteiger partial charge in [-0.3, -0.25) is 4.79 Å². The molecule has 3 heteroatoms. The Labute approximate surface area is 128 Å². The maximum atomic E-state index is 12.7. The van der Waals surface area contributed by atoms with Crippen LogP contribution in [0.4, 0.5) is 0 Å². The molecule has 0 aliphatic rings. The van der Waals surface area contributed by atoms with Crippen LogP contribution < -0.4 is 0 Å². The predicted molar refractivity (Wildman–Crippen MR) is 86.2 cm³/mol. The number of amides is 1. The highest BCUT2D eigenvalue weighted by molar-refractivity contribution is 5.96. The third kappa shape index (κ3) is 4.91. The molecule has 1 atom stereocenters. The second-order valence-electron chi connectivity index (χ2n) is 5.90. The summed E-state index contributed by atoms with van der Waals surface area (Å²) in [7, 11) is 1.83. The van der Waals surface area contributed by atoms with Crippen molar-refractivity contribution in [1.29, 1.82) is 0 Å². The van der Waals surface area contributed by atoms with E-state index < -0.39 is 0 Å². The summed E-state index contributed by atoms with van der Waals surface area (Å²) in [6.07, 6.45) is 0.964. The molecule has 0 radical (unpaired) electrons. The van der Waals surface area contributed by atoms with Crippen LogP contribution in [0.2, 0.25) is 0 Å². The lowest BCUT2D eigenvalue weighted by atomic mass is 10.0. The van der Waals surface area contributed by atoms with Crippen LogP contribution in [0.5, 0.6) is 0 Å². The molecule has 114 valence electrons. The number of hydrogen-bond donors (Lipinski definition) is 1. The molecule has 1 amide bonds. The normalized spacial score (nSPS) is 11.8. The molecule has 0 bridgehead atoms. The minimum Gasteiger partial charge on any atom is -0.384 e. The van der Waals surface area contributed by atoms with E-state index in [0.717, 1.165) is 12.0 Å². The van der Waals surface area contributed by atoms with Gasteiger partial charge in [-0.1, -0.05) is 31.8 Å². The molecule has 0 fully saturated rings. The average molecular weight is 287 g/mol. The molecule has 0 saturated carbocycles. The van der Waals surface area contributed by atoms with Crippen molar-refractivity contribution in [2.24, 2.45) is 5.92 Å². The molecule has 1 N–H and O–H groups in total. The van der Waals surface area contributed by atoms with Crippen molar-refractivity contribution in [3.8, 4) is 11.8 Å². The first-order valence-corrected chi connectivity index (χ1v) is 7.34. The van der Waals surface area contributed by atoms with Crippen LogP contribution in [0, 0.1) is 24.7 Å². The molecule has 0 aliphatic carbocycles. The van der Waals surface area contributed by atoms with E-state index in [2.05, 4.69) is 32.6 Å². The largest absolute Gasteiger partial charge is 0.384 e. The quantitative estimate of drug-likeness (QED) is 0.865. The van der Waals surface area contributed by atoms with E-state index in [9.17, 15) is 4.79 Å². The van der Waals surface area contributed by atoms with Crippen molar-refractivity contribution in [1.82, 2.24) is 4.90 Å². The SMILES string of the molecule is Cc1ccc(C(=O)N(C)C(C)CC(C)C)c(C#CCO)c1. The van der Waals surface area contributed by atoms with Crippen LogP contribution in [0.3, 0.4) is 0 Å². The maximum absolute atomic E-state index is 12.7. The van der Waals surface area contributed by atoms with Gasteiger partial charge in [-0.2, -0.15) is 0 Å². The number of hydrogen-bond acceptors (Lipinski definition) is 2. The molecule has 0 aliphatic heterocycles. The van der Waals surface area contributed by atoms with E-state index in [1.807, 2.05) is 32.2 Å². The predicted octanol–water partition coefficient (Wildman–Crippen LogP) is 2.85. The summed E-state index contributed by atoms with van der Waals surface area (Å²) in [6, 6.07) is 5.80. The van der Waals surface area contributed by atoms with Crippen molar-refractivity contribution in [2.75, 3.05) is 13.7 Å². The standard InChI is InChI=1S/C18H25NO2/c1-13(2)11-15(4)19(5)18(21)17-9-8-14(3)12-16(17)7-6-10-20/h8-9,12-13,15,20H,10-11H2,1-5H3. The Bertz CT molecular complexity index is 552. The average Bonchev–Trinajstić information content (AvgIpc) is 2.42. The van der Waals surface area contributed by atoms with Gasteiger partial charge in [0.15, 0.2) is 0 Å².